The van der Waals surface area contributed by atoms with Gasteiger partial charge in [-0.15, -0.1) is 0 Å². The van der Waals surface area contributed by atoms with Gasteiger partial charge in [0.1, 0.15) is 22.1 Å². The van der Waals surface area contributed by atoms with Crippen LogP contribution in [0.25, 0.3) is 0 Å². The smallest absolute Gasteiger partial charge is 0.328 e. The molecule has 0 aliphatic carbocycles. The number of non-ortho nitro benzene ring substituents is 1. The van der Waals surface area contributed by atoms with Crippen LogP contribution in [-0.2, 0) is 44.7 Å². The molecule has 0 aliphatic heterocycles. The standard InChI is InChI=1S/C20H22N2O4S.C20H24N2O2S/c1-4-15-7-5-6-13(2)18(15)19(27)21-17(20(23)26-3)12-14-8-10-16(11-9-14)22(24)25;1-4-15-7-5-6-13(2)18(15)19(25)22-17(20(23)24-3)12-14-8-10-16(21)11-9-14/h5-11,17H,4,12H2,1-3H3,(H,21,27);5-11,17H,4,12,21H2,1-3H3,(H,22,25). The SMILES string of the molecule is CCc1cccc(C)c1C(=S)NC(Cc1ccc(N)cc1)C(=O)OC.CCc1cccc(C)c1C(=S)NC(Cc1ccc([N+](=O)[O-])cc1)C(=O)OC. The molecular weight excluding hydrogens is 697 g/mol. The van der Waals surface area contributed by atoms with Crippen LogP contribution in [0.15, 0.2) is 84.9 Å². The number of carbonyl (C=O) groups excluding carboxylic acids is 2. The van der Waals surface area contributed by atoms with E-state index in [0.717, 1.165) is 57.3 Å². The lowest BCUT2D eigenvalue weighted by atomic mass is 9.99. The van der Waals surface area contributed by atoms with Gasteiger partial charge in [0.2, 0.25) is 0 Å². The lowest BCUT2D eigenvalue weighted by molar-refractivity contribution is -0.384. The molecule has 52 heavy (non-hydrogen) atoms. The number of hydrogen-bond donors (Lipinski definition) is 3. The number of esters is 2. The van der Waals surface area contributed by atoms with Crippen LogP contribution in [0, 0.1) is 24.0 Å². The summed E-state index contributed by atoms with van der Waals surface area (Å²) in [5.41, 5.74) is 14.5. The Labute approximate surface area is 316 Å². The molecule has 0 radical (unpaired) electrons. The number of methoxy groups -OCH3 is 2. The number of nitrogens with zero attached hydrogens (tertiary/aromatic N) is 1. The van der Waals surface area contributed by atoms with Gasteiger partial charge in [-0.3, -0.25) is 10.1 Å². The Morgan fingerprint density at radius 3 is 1.44 bits per heavy atom. The molecule has 0 saturated carbocycles. The average molecular weight is 743 g/mol. The summed E-state index contributed by atoms with van der Waals surface area (Å²) in [6, 6.07) is 24.4. The first-order valence-corrected chi connectivity index (χ1v) is 17.7. The fourth-order valence-corrected chi connectivity index (χ4v) is 6.58. The Bertz CT molecular complexity index is 1880. The topological polar surface area (TPSA) is 146 Å². The third kappa shape index (κ3) is 11.4. The lowest BCUT2D eigenvalue weighted by Gasteiger charge is -2.21. The van der Waals surface area contributed by atoms with Crippen molar-refractivity contribution in [3.05, 3.63) is 140 Å². The third-order valence-electron chi connectivity index (χ3n) is 8.52. The predicted molar refractivity (Wildman–Crippen MR) is 214 cm³/mol. The Balaban J connectivity index is 0.000000281. The molecule has 4 aromatic rings. The van der Waals surface area contributed by atoms with Crippen LogP contribution in [0.5, 0.6) is 0 Å². The number of nitro benzene ring substituents is 1. The molecule has 0 fully saturated rings. The maximum absolute atomic E-state index is 12.2. The van der Waals surface area contributed by atoms with Gasteiger partial charge in [0.15, 0.2) is 0 Å². The molecule has 0 spiro atoms. The molecule has 4 aromatic carbocycles. The van der Waals surface area contributed by atoms with Crippen LogP contribution in [0.4, 0.5) is 11.4 Å². The second kappa shape index (κ2) is 20.0. The van der Waals surface area contributed by atoms with Gasteiger partial charge in [0, 0.05) is 41.8 Å². The normalized spacial score (nSPS) is 11.6. The number of ether oxygens (including phenoxy) is 2. The van der Waals surface area contributed by atoms with Gasteiger partial charge in [-0.05, 0) is 72.2 Å². The van der Waals surface area contributed by atoms with Crippen molar-refractivity contribution in [2.24, 2.45) is 0 Å². The van der Waals surface area contributed by atoms with Crippen molar-refractivity contribution in [1.29, 1.82) is 0 Å². The van der Waals surface area contributed by atoms with Gasteiger partial charge in [-0.2, -0.15) is 0 Å². The number of hydrogen-bond acceptors (Lipinski definition) is 9. The molecule has 10 nitrogen and oxygen atoms in total. The molecule has 4 rings (SSSR count). The number of aryl methyl sites for hydroxylation is 4. The molecular formula is C40H46N4O6S2. The van der Waals surface area contributed by atoms with Crippen LogP contribution < -0.4 is 16.4 Å². The summed E-state index contributed by atoms with van der Waals surface area (Å²) < 4.78 is 9.85. The van der Waals surface area contributed by atoms with Gasteiger partial charge in [0.25, 0.3) is 5.69 Å². The van der Waals surface area contributed by atoms with Crippen molar-refractivity contribution in [3.63, 3.8) is 0 Å². The minimum absolute atomic E-state index is 0.00402. The number of nitrogens with two attached hydrogens (primary N) is 1. The Morgan fingerprint density at radius 2 is 1.10 bits per heavy atom. The molecule has 2 unspecified atom stereocenters. The van der Waals surface area contributed by atoms with Gasteiger partial charge in [0.05, 0.1) is 19.1 Å². The second-order valence-electron chi connectivity index (χ2n) is 12.1. The summed E-state index contributed by atoms with van der Waals surface area (Å²) in [7, 11) is 2.70. The van der Waals surface area contributed by atoms with E-state index in [4.69, 9.17) is 39.6 Å². The predicted octanol–water partition coefficient (Wildman–Crippen LogP) is 6.70. The summed E-state index contributed by atoms with van der Waals surface area (Å²) in [6.45, 7) is 8.14. The number of benzene rings is 4. The molecule has 0 saturated heterocycles. The van der Waals surface area contributed by atoms with Crippen molar-refractivity contribution in [3.8, 4) is 0 Å². The molecule has 2 atom stereocenters. The summed E-state index contributed by atoms with van der Waals surface area (Å²) >= 11 is 11.2. The van der Waals surface area contributed by atoms with E-state index in [1.807, 2.05) is 68.4 Å². The minimum Gasteiger partial charge on any atom is -0.467 e. The molecule has 0 bridgehead atoms. The zero-order chi connectivity index (χ0) is 38.4. The fourth-order valence-electron chi connectivity index (χ4n) is 5.71. The van der Waals surface area contributed by atoms with E-state index in [1.54, 1.807) is 12.1 Å². The van der Waals surface area contributed by atoms with E-state index in [1.165, 1.54) is 26.4 Å². The first kappa shape index (κ1) is 41.2. The fraction of sp³-hybridized carbons (Fsp3) is 0.300. The number of rotatable bonds is 13. The maximum Gasteiger partial charge on any atom is 0.328 e. The Kier molecular flexibility index (Phi) is 15.9. The number of nitrogens with one attached hydrogen (secondary N) is 2. The van der Waals surface area contributed by atoms with Crippen molar-refractivity contribution < 1.29 is 24.0 Å². The van der Waals surface area contributed by atoms with Crippen LogP contribution in [0.2, 0.25) is 0 Å². The highest BCUT2D eigenvalue weighted by Gasteiger charge is 2.24. The van der Waals surface area contributed by atoms with Gasteiger partial charge in [-0.25, -0.2) is 9.59 Å². The highest BCUT2D eigenvalue weighted by molar-refractivity contribution is 7.81. The summed E-state index contributed by atoms with van der Waals surface area (Å²) in [5.74, 6) is -0.784. The quantitative estimate of drug-likeness (QED) is 0.0442. The lowest BCUT2D eigenvalue weighted by Crippen LogP contribution is -2.43. The number of anilines is 1. The van der Waals surface area contributed by atoms with E-state index in [9.17, 15) is 19.7 Å². The highest BCUT2D eigenvalue weighted by Crippen LogP contribution is 2.19. The second-order valence-corrected chi connectivity index (χ2v) is 12.9. The first-order chi connectivity index (χ1) is 24.8. The summed E-state index contributed by atoms with van der Waals surface area (Å²) in [4.78, 5) is 35.9. The zero-order valence-electron chi connectivity index (χ0n) is 30.4. The molecule has 4 N–H and O–H groups in total. The van der Waals surface area contributed by atoms with E-state index in [0.29, 0.717) is 28.5 Å². The van der Waals surface area contributed by atoms with Crippen molar-refractivity contribution in [2.75, 3.05) is 20.0 Å². The van der Waals surface area contributed by atoms with E-state index < -0.39 is 23.0 Å². The number of carbonyl (C=O) groups is 2. The minimum atomic E-state index is -0.687. The van der Waals surface area contributed by atoms with Crippen LogP contribution in [-0.4, -0.2) is 53.1 Å². The molecule has 274 valence electrons. The van der Waals surface area contributed by atoms with Crippen molar-refractivity contribution in [1.82, 2.24) is 10.6 Å². The first-order valence-electron chi connectivity index (χ1n) is 16.8. The van der Waals surface area contributed by atoms with Gasteiger partial charge in [-0.1, -0.05) is 98.9 Å². The monoisotopic (exact) mass is 742 g/mol. The number of thiocarbonyl (C=S) groups is 2. The van der Waals surface area contributed by atoms with Gasteiger partial charge >= 0.3 is 11.9 Å². The number of nitrogen functional groups attached to an aromatic ring is 1. The van der Waals surface area contributed by atoms with Crippen LogP contribution in [0.1, 0.15) is 58.4 Å². The zero-order valence-corrected chi connectivity index (χ0v) is 32.0. The van der Waals surface area contributed by atoms with E-state index in [2.05, 4.69) is 30.5 Å². The van der Waals surface area contributed by atoms with Crippen LogP contribution in [0.3, 0.4) is 0 Å². The summed E-state index contributed by atoms with van der Waals surface area (Å²) in [5, 5.41) is 17.1. The molecule has 0 aliphatic rings. The summed E-state index contributed by atoms with van der Waals surface area (Å²) in [6.07, 6.45) is 2.47. The third-order valence-corrected chi connectivity index (χ3v) is 9.17. The Hall–Kier alpha value is -5.20. The molecule has 12 heteroatoms. The average Bonchev–Trinajstić information content (AvgIpc) is 3.14. The van der Waals surface area contributed by atoms with Gasteiger partial charge < -0.3 is 25.8 Å². The van der Waals surface area contributed by atoms with E-state index in [-0.39, 0.29) is 11.7 Å². The number of nitro groups is 1. The van der Waals surface area contributed by atoms with Crippen LogP contribution >= 0.6 is 24.4 Å². The molecule has 0 amide bonds. The largest absolute Gasteiger partial charge is 0.467 e. The van der Waals surface area contributed by atoms with E-state index >= 15 is 0 Å². The Morgan fingerprint density at radius 1 is 0.712 bits per heavy atom. The molecule has 0 aromatic heterocycles. The maximum atomic E-state index is 12.2. The van der Waals surface area contributed by atoms with Crippen molar-refractivity contribution >= 4 is 57.7 Å². The molecule has 0 heterocycles. The highest BCUT2D eigenvalue weighted by atomic mass is 32.1. The van der Waals surface area contributed by atoms with Crippen molar-refractivity contribution in [2.45, 2.75) is 65.5 Å².